The molecule has 0 fully saturated rings. The van der Waals surface area contributed by atoms with E-state index >= 15 is 0 Å². The third-order valence-electron chi connectivity index (χ3n) is 4.13. The molecule has 0 bridgehead atoms. The van der Waals surface area contributed by atoms with E-state index in [1.165, 1.54) is 16.1 Å². The Kier molecular flexibility index (Phi) is 5.13. The standard InChI is InChI=1S/C15H25N5S/c1-9-12(4)21-15(17-9)8-13(18-16)6-7-14-10(2)19-20(5)11(14)3/h13,18H,6-8,16H2,1-5H3. The van der Waals surface area contributed by atoms with Crippen LogP contribution in [0.25, 0.3) is 0 Å². The average molecular weight is 307 g/mol. The fraction of sp³-hybridized carbons (Fsp3) is 0.600. The Bertz CT molecular complexity index is 594. The second-order valence-electron chi connectivity index (χ2n) is 5.63. The summed E-state index contributed by atoms with van der Waals surface area (Å²) in [6.45, 7) is 8.36. The van der Waals surface area contributed by atoms with Crippen molar-refractivity contribution in [1.82, 2.24) is 20.2 Å². The highest BCUT2D eigenvalue weighted by atomic mass is 32.1. The van der Waals surface area contributed by atoms with Crippen molar-refractivity contribution >= 4 is 11.3 Å². The molecule has 0 radical (unpaired) electrons. The molecule has 2 aromatic rings. The van der Waals surface area contributed by atoms with Crippen LogP contribution in [0.1, 0.15) is 39.0 Å². The van der Waals surface area contributed by atoms with Gasteiger partial charge >= 0.3 is 0 Å². The highest BCUT2D eigenvalue weighted by Crippen LogP contribution is 2.20. The van der Waals surface area contributed by atoms with Gasteiger partial charge in [0.25, 0.3) is 0 Å². The number of aryl methyl sites for hydroxylation is 4. The van der Waals surface area contributed by atoms with Crippen LogP contribution in [0.5, 0.6) is 0 Å². The van der Waals surface area contributed by atoms with Gasteiger partial charge < -0.3 is 0 Å². The third-order valence-corrected chi connectivity index (χ3v) is 5.23. The minimum absolute atomic E-state index is 0.244. The number of hydrogen-bond donors (Lipinski definition) is 2. The molecule has 0 saturated heterocycles. The molecule has 1 unspecified atom stereocenters. The number of hydrazine groups is 1. The Morgan fingerprint density at radius 3 is 2.43 bits per heavy atom. The second-order valence-corrected chi connectivity index (χ2v) is 6.92. The van der Waals surface area contributed by atoms with Gasteiger partial charge in [-0.3, -0.25) is 16.0 Å². The van der Waals surface area contributed by atoms with Gasteiger partial charge in [0.05, 0.1) is 16.4 Å². The number of hydrogen-bond acceptors (Lipinski definition) is 5. The highest BCUT2D eigenvalue weighted by Gasteiger charge is 2.15. The predicted octanol–water partition coefficient (Wildman–Crippen LogP) is 2.12. The van der Waals surface area contributed by atoms with Crippen molar-refractivity contribution in [2.75, 3.05) is 0 Å². The maximum atomic E-state index is 5.72. The first-order chi connectivity index (χ1) is 9.92. The molecular weight excluding hydrogens is 282 g/mol. The van der Waals surface area contributed by atoms with Crippen molar-refractivity contribution in [2.45, 2.75) is 53.0 Å². The second kappa shape index (κ2) is 6.68. The first-order valence-corrected chi connectivity index (χ1v) is 8.12. The molecule has 3 N–H and O–H groups in total. The molecule has 0 amide bonds. The lowest BCUT2D eigenvalue weighted by Gasteiger charge is -2.14. The minimum Gasteiger partial charge on any atom is -0.272 e. The van der Waals surface area contributed by atoms with E-state index in [-0.39, 0.29) is 6.04 Å². The zero-order valence-electron chi connectivity index (χ0n) is 13.5. The zero-order valence-corrected chi connectivity index (χ0v) is 14.3. The Hall–Kier alpha value is -1.24. The van der Waals surface area contributed by atoms with Crippen LogP contribution < -0.4 is 11.3 Å². The Labute approximate surface area is 130 Å². The first-order valence-electron chi connectivity index (χ1n) is 7.30. The molecule has 6 heteroatoms. The molecule has 0 saturated carbocycles. The Balaban J connectivity index is 1.99. The summed E-state index contributed by atoms with van der Waals surface area (Å²) in [5.74, 6) is 5.72. The van der Waals surface area contributed by atoms with Gasteiger partial charge in [-0.2, -0.15) is 5.10 Å². The van der Waals surface area contributed by atoms with E-state index in [2.05, 4.69) is 43.2 Å². The molecule has 0 aromatic carbocycles. The summed E-state index contributed by atoms with van der Waals surface area (Å²) in [6.07, 6.45) is 2.86. The van der Waals surface area contributed by atoms with Gasteiger partial charge in [-0.25, -0.2) is 4.98 Å². The summed E-state index contributed by atoms with van der Waals surface area (Å²) in [6, 6.07) is 0.244. The van der Waals surface area contributed by atoms with E-state index in [0.717, 1.165) is 35.7 Å². The molecule has 2 heterocycles. The van der Waals surface area contributed by atoms with Crippen LogP contribution in [-0.4, -0.2) is 20.8 Å². The van der Waals surface area contributed by atoms with Crippen molar-refractivity contribution in [3.8, 4) is 0 Å². The lowest BCUT2D eigenvalue weighted by molar-refractivity contribution is 0.489. The summed E-state index contributed by atoms with van der Waals surface area (Å²) >= 11 is 1.77. The van der Waals surface area contributed by atoms with Crippen molar-refractivity contribution in [1.29, 1.82) is 0 Å². The van der Waals surface area contributed by atoms with Crippen LogP contribution in [0.2, 0.25) is 0 Å². The van der Waals surface area contributed by atoms with Crippen LogP contribution in [0.4, 0.5) is 0 Å². The molecule has 0 aliphatic heterocycles. The summed E-state index contributed by atoms with van der Waals surface area (Å²) in [5.41, 5.74) is 7.76. The molecule has 116 valence electrons. The molecule has 1 atom stereocenters. The zero-order chi connectivity index (χ0) is 15.6. The summed E-state index contributed by atoms with van der Waals surface area (Å²) in [7, 11) is 1.99. The van der Waals surface area contributed by atoms with Crippen LogP contribution in [0.3, 0.4) is 0 Å². The van der Waals surface area contributed by atoms with Crippen molar-refractivity contribution < 1.29 is 0 Å². The van der Waals surface area contributed by atoms with Crippen LogP contribution in [-0.2, 0) is 19.9 Å². The monoisotopic (exact) mass is 307 g/mol. The van der Waals surface area contributed by atoms with E-state index in [9.17, 15) is 0 Å². The molecule has 2 aromatic heterocycles. The summed E-state index contributed by atoms with van der Waals surface area (Å²) in [4.78, 5) is 5.89. The van der Waals surface area contributed by atoms with Crippen molar-refractivity contribution in [3.63, 3.8) is 0 Å². The van der Waals surface area contributed by atoms with Crippen molar-refractivity contribution in [2.24, 2.45) is 12.9 Å². The lowest BCUT2D eigenvalue weighted by atomic mass is 10.0. The van der Waals surface area contributed by atoms with Gasteiger partial charge in [-0.1, -0.05) is 0 Å². The maximum absolute atomic E-state index is 5.72. The number of rotatable bonds is 6. The van der Waals surface area contributed by atoms with E-state index in [1.54, 1.807) is 11.3 Å². The van der Waals surface area contributed by atoms with Gasteiger partial charge in [0.2, 0.25) is 0 Å². The topological polar surface area (TPSA) is 68.8 Å². The number of nitrogens with two attached hydrogens (primary N) is 1. The summed E-state index contributed by atoms with van der Waals surface area (Å²) < 4.78 is 1.95. The average Bonchev–Trinajstić information content (AvgIpc) is 2.87. The smallest absolute Gasteiger partial charge is 0.0946 e. The number of nitrogens with one attached hydrogen (secondary N) is 1. The molecule has 2 rings (SSSR count). The predicted molar refractivity (Wildman–Crippen MR) is 87.4 cm³/mol. The largest absolute Gasteiger partial charge is 0.272 e. The molecular formula is C15H25N5S. The van der Waals surface area contributed by atoms with Crippen LogP contribution in [0, 0.1) is 27.7 Å². The molecule has 0 spiro atoms. The third kappa shape index (κ3) is 3.70. The molecule has 0 aliphatic rings. The normalized spacial score (nSPS) is 12.9. The maximum Gasteiger partial charge on any atom is 0.0946 e. The molecule has 0 aliphatic carbocycles. The highest BCUT2D eigenvalue weighted by molar-refractivity contribution is 7.11. The number of thiazole rings is 1. The minimum atomic E-state index is 0.244. The summed E-state index contributed by atoms with van der Waals surface area (Å²) in [5, 5.41) is 5.63. The fourth-order valence-electron chi connectivity index (χ4n) is 2.58. The van der Waals surface area contributed by atoms with E-state index in [1.807, 2.05) is 11.7 Å². The van der Waals surface area contributed by atoms with Gasteiger partial charge in [0.1, 0.15) is 0 Å². The van der Waals surface area contributed by atoms with E-state index < -0.39 is 0 Å². The fourth-order valence-corrected chi connectivity index (χ4v) is 3.59. The van der Waals surface area contributed by atoms with Gasteiger partial charge in [0.15, 0.2) is 0 Å². The first kappa shape index (κ1) is 16.1. The van der Waals surface area contributed by atoms with Gasteiger partial charge in [0, 0.05) is 30.1 Å². The number of aromatic nitrogens is 3. The van der Waals surface area contributed by atoms with Crippen molar-refractivity contribution in [3.05, 3.63) is 32.5 Å². The van der Waals surface area contributed by atoms with Crippen LogP contribution in [0.15, 0.2) is 0 Å². The van der Waals surface area contributed by atoms with E-state index in [4.69, 9.17) is 5.84 Å². The van der Waals surface area contributed by atoms with Crippen LogP contribution >= 0.6 is 11.3 Å². The van der Waals surface area contributed by atoms with Gasteiger partial charge in [-0.05, 0) is 46.1 Å². The number of nitrogens with zero attached hydrogens (tertiary/aromatic N) is 3. The quantitative estimate of drug-likeness (QED) is 0.633. The van der Waals surface area contributed by atoms with E-state index in [0.29, 0.717) is 0 Å². The SMILES string of the molecule is Cc1nc(CC(CCc2c(C)nn(C)c2C)NN)sc1C. The molecule has 5 nitrogen and oxygen atoms in total. The van der Waals surface area contributed by atoms with Gasteiger partial charge in [-0.15, -0.1) is 11.3 Å². The lowest BCUT2D eigenvalue weighted by Crippen LogP contribution is -2.37. The Morgan fingerprint density at radius 2 is 1.95 bits per heavy atom. The molecule has 21 heavy (non-hydrogen) atoms. The Morgan fingerprint density at radius 1 is 1.24 bits per heavy atom.